The fourth-order valence-electron chi connectivity index (χ4n) is 1.52. The Morgan fingerprint density at radius 2 is 2.46 bits per heavy atom. The molecule has 1 aromatic heterocycles. The number of hydrogen-bond donors (Lipinski definition) is 1. The van der Waals surface area contributed by atoms with Crippen LogP contribution in [0.15, 0.2) is 12.4 Å². The van der Waals surface area contributed by atoms with Gasteiger partial charge in [0.15, 0.2) is 0 Å². The Hall–Kier alpha value is -1.36. The zero-order valence-corrected chi connectivity index (χ0v) is 7.47. The Morgan fingerprint density at radius 1 is 1.69 bits per heavy atom. The smallest absolute Gasteiger partial charge is 0.246 e. The molecular weight excluding hydrogens is 168 g/mol. The molecule has 0 aromatic carbocycles. The number of likely N-dealkylation sites (N-methyl/N-ethyl adjacent to an activating group) is 1. The van der Waals surface area contributed by atoms with E-state index in [1.54, 1.807) is 13.2 Å². The largest absolute Gasteiger partial charge is 0.320 e. The summed E-state index contributed by atoms with van der Waals surface area (Å²) in [6.45, 7) is 0.757. The molecule has 1 aliphatic heterocycles. The Balaban J connectivity index is 2.40. The predicted molar refractivity (Wildman–Crippen MR) is 48.2 cm³/mol. The van der Waals surface area contributed by atoms with Gasteiger partial charge in [-0.05, 0) is 6.42 Å². The maximum Gasteiger partial charge on any atom is 0.246 e. The first-order valence-electron chi connectivity index (χ1n) is 4.24. The summed E-state index contributed by atoms with van der Waals surface area (Å²) >= 11 is 0. The number of aryl methyl sites for hydroxylation is 1. The second-order valence-corrected chi connectivity index (χ2v) is 3.21. The Kier molecular flexibility index (Phi) is 1.81. The molecule has 0 spiro atoms. The van der Waals surface area contributed by atoms with Crippen LogP contribution in [0.5, 0.6) is 0 Å². The Bertz CT molecular complexity index is 333. The summed E-state index contributed by atoms with van der Waals surface area (Å²) < 4.78 is 1.94. The van der Waals surface area contributed by atoms with Gasteiger partial charge in [0.1, 0.15) is 0 Å². The standard InChI is InChI=1S/C8H12N4O/c1-11-7(13)6(9)2-4-12-5-3-10-8(11)12/h3,5-6H,2,4,9H2,1H3. The van der Waals surface area contributed by atoms with Crippen LogP contribution in [0.25, 0.3) is 0 Å². The average Bonchev–Trinajstić information content (AvgIpc) is 2.56. The molecule has 0 saturated carbocycles. The third-order valence-corrected chi connectivity index (χ3v) is 2.32. The first-order chi connectivity index (χ1) is 6.20. The highest BCUT2D eigenvalue weighted by Gasteiger charge is 2.25. The molecular formula is C8H12N4O. The van der Waals surface area contributed by atoms with Crippen LogP contribution in [0.1, 0.15) is 6.42 Å². The molecule has 0 aliphatic carbocycles. The number of rotatable bonds is 0. The molecule has 5 nitrogen and oxygen atoms in total. The zero-order valence-electron chi connectivity index (χ0n) is 7.47. The van der Waals surface area contributed by atoms with Gasteiger partial charge in [-0.2, -0.15) is 0 Å². The Labute approximate surface area is 76.2 Å². The quantitative estimate of drug-likeness (QED) is 0.589. The maximum atomic E-state index is 11.6. The van der Waals surface area contributed by atoms with E-state index in [9.17, 15) is 4.79 Å². The summed E-state index contributed by atoms with van der Waals surface area (Å²) in [5, 5.41) is 0. The normalized spacial score (nSPS) is 22.8. The van der Waals surface area contributed by atoms with E-state index in [4.69, 9.17) is 5.73 Å². The predicted octanol–water partition coefficient (Wildman–Crippen LogP) is -0.423. The molecule has 1 amide bonds. The van der Waals surface area contributed by atoms with Gasteiger partial charge in [0.25, 0.3) is 0 Å². The minimum Gasteiger partial charge on any atom is -0.320 e. The van der Waals surface area contributed by atoms with E-state index in [0.29, 0.717) is 12.4 Å². The van der Waals surface area contributed by atoms with Crippen LogP contribution in [-0.4, -0.2) is 28.5 Å². The number of hydrogen-bond acceptors (Lipinski definition) is 3. The number of nitrogens with two attached hydrogens (primary N) is 1. The first-order valence-corrected chi connectivity index (χ1v) is 4.24. The number of nitrogens with zero attached hydrogens (tertiary/aromatic N) is 3. The van der Waals surface area contributed by atoms with Crippen molar-refractivity contribution >= 4 is 11.9 Å². The van der Waals surface area contributed by atoms with Gasteiger partial charge in [0.2, 0.25) is 11.9 Å². The van der Waals surface area contributed by atoms with Gasteiger partial charge in [-0.3, -0.25) is 9.69 Å². The number of carbonyl (C=O) groups is 1. The van der Waals surface area contributed by atoms with Crippen LogP contribution in [0, 0.1) is 0 Å². The van der Waals surface area contributed by atoms with Gasteiger partial charge < -0.3 is 10.3 Å². The van der Waals surface area contributed by atoms with E-state index in [1.165, 1.54) is 4.90 Å². The average molecular weight is 180 g/mol. The number of imidazole rings is 1. The lowest BCUT2D eigenvalue weighted by Crippen LogP contribution is -2.40. The molecule has 5 heteroatoms. The third-order valence-electron chi connectivity index (χ3n) is 2.32. The van der Waals surface area contributed by atoms with Crippen molar-refractivity contribution in [3.05, 3.63) is 12.4 Å². The van der Waals surface area contributed by atoms with Crippen LogP contribution in [-0.2, 0) is 11.3 Å². The summed E-state index contributed by atoms with van der Waals surface area (Å²) in [5.41, 5.74) is 5.67. The van der Waals surface area contributed by atoms with E-state index < -0.39 is 6.04 Å². The highest BCUT2D eigenvalue weighted by atomic mass is 16.2. The minimum absolute atomic E-state index is 0.0649. The van der Waals surface area contributed by atoms with E-state index in [-0.39, 0.29) is 5.91 Å². The van der Waals surface area contributed by atoms with Gasteiger partial charge in [-0.1, -0.05) is 0 Å². The van der Waals surface area contributed by atoms with Gasteiger partial charge in [-0.25, -0.2) is 4.98 Å². The van der Waals surface area contributed by atoms with Crippen molar-refractivity contribution in [3.63, 3.8) is 0 Å². The summed E-state index contributed by atoms with van der Waals surface area (Å²) in [6.07, 6.45) is 4.22. The van der Waals surface area contributed by atoms with Crippen LogP contribution in [0.4, 0.5) is 5.95 Å². The molecule has 2 N–H and O–H groups in total. The highest BCUT2D eigenvalue weighted by Crippen LogP contribution is 2.16. The molecule has 0 bridgehead atoms. The van der Waals surface area contributed by atoms with Crippen molar-refractivity contribution < 1.29 is 4.79 Å². The first kappa shape index (κ1) is 8.25. The topological polar surface area (TPSA) is 64.2 Å². The van der Waals surface area contributed by atoms with Gasteiger partial charge in [0, 0.05) is 26.0 Å². The summed E-state index contributed by atoms with van der Waals surface area (Å²) in [7, 11) is 1.70. The number of amides is 1. The lowest BCUT2D eigenvalue weighted by molar-refractivity contribution is -0.119. The van der Waals surface area contributed by atoms with Crippen molar-refractivity contribution in [2.75, 3.05) is 11.9 Å². The van der Waals surface area contributed by atoms with Crippen molar-refractivity contribution in [3.8, 4) is 0 Å². The molecule has 0 saturated heterocycles. The molecule has 13 heavy (non-hydrogen) atoms. The molecule has 1 atom stereocenters. The van der Waals surface area contributed by atoms with Crippen LogP contribution < -0.4 is 10.6 Å². The number of aromatic nitrogens is 2. The summed E-state index contributed by atoms with van der Waals surface area (Å²) in [4.78, 5) is 17.2. The van der Waals surface area contributed by atoms with Gasteiger partial charge >= 0.3 is 0 Å². The van der Waals surface area contributed by atoms with Crippen molar-refractivity contribution in [2.45, 2.75) is 19.0 Å². The highest BCUT2D eigenvalue weighted by molar-refractivity contribution is 5.95. The SMILES string of the molecule is CN1C(=O)C(N)CCn2ccnc21. The van der Waals surface area contributed by atoms with E-state index in [2.05, 4.69) is 4.98 Å². The molecule has 0 radical (unpaired) electrons. The lowest BCUT2D eigenvalue weighted by atomic mass is 10.2. The molecule has 2 heterocycles. The monoisotopic (exact) mass is 180 g/mol. The van der Waals surface area contributed by atoms with E-state index in [0.717, 1.165) is 6.54 Å². The van der Waals surface area contributed by atoms with E-state index >= 15 is 0 Å². The van der Waals surface area contributed by atoms with Crippen molar-refractivity contribution in [2.24, 2.45) is 5.73 Å². The number of anilines is 1. The summed E-state index contributed by atoms with van der Waals surface area (Å²) in [6, 6.07) is -0.397. The molecule has 1 aliphatic rings. The molecule has 1 aromatic rings. The molecule has 1 unspecified atom stereocenters. The number of carbonyl (C=O) groups excluding carboxylic acids is 1. The van der Waals surface area contributed by atoms with Crippen molar-refractivity contribution in [1.29, 1.82) is 0 Å². The molecule has 0 fully saturated rings. The van der Waals surface area contributed by atoms with Gasteiger partial charge in [-0.15, -0.1) is 0 Å². The molecule has 70 valence electrons. The fraction of sp³-hybridized carbons (Fsp3) is 0.500. The third kappa shape index (κ3) is 1.21. The molecule has 2 rings (SSSR count). The van der Waals surface area contributed by atoms with Crippen LogP contribution in [0.2, 0.25) is 0 Å². The van der Waals surface area contributed by atoms with E-state index in [1.807, 2.05) is 10.8 Å². The Morgan fingerprint density at radius 3 is 3.23 bits per heavy atom. The summed E-state index contributed by atoms with van der Waals surface area (Å²) in [5.74, 6) is 0.614. The second kappa shape index (κ2) is 2.85. The minimum atomic E-state index is -0.397. The maximum absolute atomic E-state index is 11.6. The second-order valence-electron chi connectivity index (χ2n) is 3.21. The van der Waals surface area contributed by atoms with Crippen molar-refractivity contribution in [1.82, 2.24) is 9.55 Å². The van der Waals surface area contributed by atoms with Crippen LogP contribution in [0.3, 0.4) is 0 Å². The lowest BCUT2D eigenvalue weighted by Gasteiger charge is -2.15. The van der Waals surface area contributed by atoms with Gasteiger partial charge in [0.05, 0.1) is 6.04 Å². The number of fused-ring (bicyclic) bond motifs is 1. The fourth-order valence-corrected chi connectivity index (χ4v) is 1.52. The zero-order chi connectivity index (χ0) is 9.42. The van der Waals surface area contributed by atoms with Crippen LogP contribution >= 0.6 is 0 Å².